The van der Waals surface area contributed by atoms with E-state index in [4.69, 9.17) is 9.88 Å². The van der Waals surface area contributed by atoms with Gasteiger partial charge in [-0.1, -0.05) is 17.7 Å². The number of carbonyl (C=O) groups excluding carboxylic acids is 2. The zero-order valence-electron chi connectivity index (χ0n) is 18.5. The van der Waals surface area contributed by atoms with Crippen LogP contribution < -0.4 is 10.0 Å². The molecule has 2 aromatic rings. The van der Waals surface area contributed by atoms with Crippen LogP contribution in [0.5, 0.6) is 0 Å². The van der Waals surface area contributed by atoms with Crippen molar-refractivity contribution in [1.29, 1.82) is 0 Å². The molecule has 10 nitrogen and oxygen atoms in total. The Labute approximate surface area is 198 Å². The van der Waals surface area contributed by atoms with Gasteiger partial charge in [0, 0.05) is 13.2 Å². The van der Waals surface area contributed by atoms with Gasteiger partial charge in [0.2, 0.25) is 26.0 Å². The summed E-state index contributed by atoms with van der Waals surface area (Å²) in [6.45, 7) is 2.28. The number of ether oxygens (including phenoxy) is 1. The van der Waals surface area contributed by atoms with Gasteiger partial charge in [0.1, 0.15) is 6.04 Å². The van der Waals surface area contributed by atoms with Gasteiger partial charge in [0.05, 0.1) is 28.0 Å². The molecule has 2 heterocycles. The van der Waals surface area contributed by atoms with E-state index in [0.29, 0.717) is 13.0 Å². The second kappa shape index (κ2) is 9.19. The third-order valence-electron chi connectivity index (χ3n) is 5.93. The Kier molecular flexibility index (Phi) is 6.62. The highest BCUT2D eigenvalue weighted by molar-refractivity contribution is 7.89. The van der Waals surface area contributed by atoms with Gasteiger partial charge < -0.3 is 4.74 Å². The van der Waals surface area contributed by atoms with Crippen molar-refractivity contribution in [3.8, 4) is 0 Å². The first-order chi connectivity index (χ1) is 16.0. The SMILES string of the molecule is Cc1ccc(S(=O)(=O)N(CC2CCCO2)C2CC(=O)N(c3ccc(S(N)(=O)=O)cc3)C2=O)cc1. The van der Waals surface area contributed by atoms with Crippen LogP contribution in [0.25, 0.3) is 0 Å². The third-order valence-corrected chi connectivity index (χ3v) is 8.75. The fourth-order valence-electron chi connectivity index (χ4n) is 4.12. The van der Waals surface area contributed by atoms with E-state index in [9.17, 15) is 26.4 Å². The Morgan fingerprint density at radius 2 is 1.62 bits per heavy atom. The van der Waals surface area contributed by atoms with Crippen LogP contribution in [0.1, 0.15) is 24.8 Å². The van der Waals surface area contributed by atoms with E-state index in [2.05, 4.69) is 0 Å². The molecule has 12 heteroatoms. The molecule has 2 aliphatic heterocycles. The number of amides is 2. The maximum atomic E-state index is 13.6. The van der Waals surface area contributed by atoms with Crippen molar-refractivity contribution in [3.63, 3.8) is 0 Å². The van der Waals surface area contributed by atoms with Crippen molar-refractivity contribution in [2.75, 3.05) is 18.1 Å². The van der Waals surface area contributed by atoms with Gasteiger partial charge in [-0.3, -0.25) is 9.59 Å². The number of primary sulfonamides is 1. The van der Waals surface area contributed by atoms with Gasteiger partial charge in [-0.05, 0) is 56.2 Å². The highest BCUT2D eigenvalue weighted by Crippen LogP contribution is 2.31. The standard InChI is InChI=1S/C22H25N3O7S2/c1-15-4-8-19(9-5-15)34(30,31)24(14-17-3-2-12-32-17)20-13-21(26)25(22(20)27)16-6-10-18(11-7-16)33(23,28)29/h4-11,17,20H,2-3,12-14H2,1H3,(H2,23,28,29). The summed E-state index contributed by atoms with van der Waals surface area (Å²) in [6, 6.07) is 9.97. The first-order valence-corrected chi connectivity index (χ1v) is 13.7. The fraction of sp³-hybridized carbons (Fsp3) is 0.364. The topological polar surface area (TPSA) is 144 Å². The predicted octanol–water partition coefficient (Wildman–Crippen LogP) is 1.14. The number of nitrogens with two attached hydrogens (primary N) is 1. The molecule has 0 radical (unpaired) electrons. The van der Waals surface area contributed by atoms with E-state index in [1.54, 1.807) is 12.1 Å². The van der Waals surface area contributed by atoms with Gasteiger partial charge in [-0.25, -0.2) is 26.9 Å². The second-order valence-electron chi connectivity index (χ2n) is 8.35. The number of hydrogen-bond acceptors (Lipinski definition) is 7. The lowest BCUT2D eigenvalue weighted by Gasteiger charge is -2.29. The summed E-state index contributed by atoms with van der Waals surface area (Å²) >= 11 is 0. The minimum Gasteiger partial charge on any atom is -0.377 e. The molecular formula is C22H25N3O7S2. The monoisotopic (exact) mass is 507 g/mol. The lowest BCUT2D eigenvalue weighted by atomic mass is 10.2. The Hall–Kier alpha value is -2.64. The van der Waals surface area contributed by atoms with Crippen molar-refractivity contribution >= 4 is 37.5 Å². The number of aryl methyl sites for hydroxylation is 1. The van der Waals surface area contributed by atoms with Crippen molar-refractivity contribution in [1.82, 2.24) is 4.31 Å². The molecule has 0 bridgehead atoms. The number of rotatable bonds is 7. The van der Waals surface area contributed by atoms with E-state index >= 15 is 0 Å². The molecule has 2 fully saturated rings. The summed E-state index contributed by atoms with van der Waals surface area (Å²) in [6.07, 6.45) is 0.704. The Morgan fingerprint density at radius 1 is 1.00 bits per heavy atom. The first-order valence-electron chi connectivity index (χ1n) is 10.7. The van der Waals surface area contributed by atoms with Gasteiger partial charge in [0.15, 0.2) is 0 Å². The van der Waals surface area contributed by atoms with Crippen molar-refractivity contribution in [3.05, 3.63) is 54.1 Å². The van der Waals surface area contributed by atoms with E-state index in [1.165, 1.54) is 36.4 Å². The number of sulfonamides is 2. The summed E-state index contributed by atoms with van der Waals surface area (Å²) in [5.41, 5.74) is 1.01. The highest BCUT2D eigenvalue weighted by Gasteiger charge is 2.47. The van der Waals surface area contributed by atoms with E-state index < -0.39 is 37.9 Å². The predicted molar refractivity (Wildman–Crippen MR) is 123 cm³/mol. The molecule has 0 spiro atoms. The number of benzene rings is 2. The second-order valence-corrected chi connectivity index (χ2v) is 11.8. The van der Waals surface area contributed by atoms with E-state index in [1.807, 2.05) is 6.92 Å². The molecule has 2 aromatic carbocycles. The van der Waals surface area contributed by atoms with Gasteiger partial charge >= 0.3 is 0 Å². The van der Waals surface area contributed by atoms with E-state index in [0.717, 1.165) is 21.2 Å². The molecule has 2 unspecified atom stereocenters. The van der Waals surface area contributed by atoms with Crippen LogP contribution in [0.4, 0.5) is 5.69 Å². The van der Waals surface area contributed by atoms with Crippen LogP contribution in [0.2, 0.25) is 0 Å². The lowest BCUT2D eigenvalue weighted by Crippen LogP contribution is -2.48. The first kappa shape index (κ1) is 24.5. The maximum absolute atomic E-state index is 13.6. The smallest absolute Gasteiger partial charge is 0.252 e. The normalized spacial score (nSPS) is 21.6. The van der Waals surface area contributed by atoms with Crippen LogP contribution >= 0.6 is 0 Å². The van der Waals surface area contributed by atoms with Crippen LogP contribution in [0, 0.1) is 6.92 Å². The molecule has 182 valence electrons. The molecule has 2 aliphatic rings. The molecule has 34 heavy (non-hydrogen) atoms. The third kappa shape index (κ3) is 4.77. The lowest BCUT2D eigenvalue weighted by molar-refractivity contribution is -0.122. The Balaban J connectivity index is 1.68. The minimum atomic E-state index is -4.12. The number of hydrogen-bond donors (Lipinski definition) is 1. The number of imide groups is 1. The largest absolute Gasteiger partial charge is 0.377 e. The summed E-state index contributed by atoms with van der Waals surface area (Å²) in [5.74, 6) is -1.29. The van der Waals surface area contributed by atoms with Crippen LogP contribution in [-0.2, 0) is 34.4 Å². The molecular weight excluding hydrogens is 482 g/mol. The molecule has 2 N–H and O–H groups in total. The Morgan fingerprint density at radius 3 is 2.18 bits per heavy atom. The average Bonchev–Trinajstić information content (AvgIpc) is 3.39. The maximum Gasteiger partial charge on any atom is 0.252 e. The molecule has 0 aliphatic carbocycles. The summed E-state index contributed by atoms with van der Waals surface area (Å²) in [5, 5.41) is 5.11. The summed E-state index contributed by atoms with van der Waals surface area (Å²) < 4.78 is 56.9. The minimum absolute atomic E-state index is 0.0206. The molecule has 2 saturated heterocycles. The molecule has 2 amide bonds. The summed E-state index contributed by atoms with van der Waals surface area (Å²) in [7, 11) is -8.07. The number of nitrogens with zero attached hydrogens (tertiary/aromatic N) is 2. The molecule has 2 atom stereocenters. The molecule has 0 saturated carbocycles. The van der Waals surface area contributed by atoms with Gasteiger partial charge in [0.25, 0.3) is 5.91 Å². The van der Waals surface area contributed by atoms with Crippen LogP contribution in [-0.4, -0.2) is 58.3 Å². The molecule has 0 aromatic heterocycles. The zero-order valence-corrected chi connectivity index (χ0v) is 20.1. The van der Waals surface area contributed by atoms with Gasteiger partial charge in [-0.2, -0.15) is 4.31 Å². The van der Waals surface area contributed by atoms with Crippen LogP contribution in [0.15, 0.2) is 58.3 Å². The quantitative estimate of drug-likeness (QED) is 0.554. The van der Waals surface area contributed by atoms with Crippen molar-refractivity contribution in [2.45, 2.75) is 48.1 Å². The fourth-order valence-corrected chi connectivity index (χ4v) is 6.25. The van der Waals surface area contributed by atoms with Crippen molar-refractivity contribution < 1.29 is 31.2 Å². The number of carbonyl (C=O) groups is 2. The van der Waals surface area contributed by atoms with Gasteiger partial charge in [-0.15, -0.1) is 0 Å². The van der Waals surface area contributed by atoms with Crippen LogP contribution in [0.3, 0.4) is 0 Å². The zero-order chi connectivity index (χ0) is 24.7. The van der Waals surface area contributed by atoms with Crippen molar-refractivity contribution in [2.24, 2.45) is 5.14 Å². The number of anilines is 1. The average molecular weight is 508 g/mol. The van der Waals surface area contributed by atoms with E-state index in [-0.39, 0.29) is 34.5 Å². The summed E-state index contributed by atoms with van der Waals surface area (Å²) in [4.78, 5) is 26.9. The Bertz CT molecular complexity index is 1300. The molecule has 4 rings (SSSR count). The highest BCUT2D eigenvalue weighted by atomic mass is 32.2.